The van der Waals surface area contributed by atoms with Gasteiger partial charge in [-0.25, -0.2) is 0 Å². The van der Waals surface area contributed by atoms with Crippen LogP contribution in [0, 0.1) is 11.8 Å². The summed E-state index contributed by atoms with van der Waals surface area (Å²) in [6.07, 6.45) is 4.84. The molecule has 1 aliphatic carbocycles. The summed E-state index contributed by atoms with van der Waals surface area (Å²) in [4.78, 5) is 28.9. The third kappa shape index (κ3) is 3.77. The van der Waals surface area contributed by atoms with E-state index in [0.29, 0.717) is 5.92 Å². The van der Waals surface area contributed by atoms with Gasteiger partial charge in [0.25, 0.3) is 5.91 Å². The molecule has 23 heavy (non-hydrogen) atoms. The fourth-order valence-corrected chi connectivity index (χ4v) is 4.55. The van der Waals surface area contributed by atoms with E-state index >= 15 is 0 Å². The third-order valence-corrected chi connectivity index (χ3v) is 5.97. The predicted octanol–water partition coefficient (Wildman–Crippen LogP) is 2.86. The zero-order chi connectivity index (χ0) is 16.4. The molecule has 1 aliphatic heterocycles. The van der Waals surface area contributed by atoms with E-state index in [-0.39, 0.29) is 17.7 Å². The van der Waals surface area contributed by atoms with Crippen LogP contribution < -0.4 is 5.32 Å². The van der Waals surface area contributed by atoms with Crippen LogP contribution in [-0.2, 0) is 17.6 Å². The van der Waals surface area contributed by atoms with Gasteiger partial charge >= 0.3 is 0 Å². The van der Waals surface area contributed by atoms with Gasteiger partial charge in [0.15, 0.2) is 0 Å². The summed E-state index contributed by atoms with van der Waals surface area (Å²) in [6, 6.07) is 2.04. The van der Waals surface area contributed by atoms with Gasteiger partial charge in [0.05, 0.1) is 4.88 Å². The maximum atomic E-state index is 12.5. The van der Waals surface area contributed by atoms with Crippen molar-refractivity contribution in [2.45, 2.75) is 46.0 Å². The van der Waals surface area contributed by atoms with Gasteiger partial charge in [0.1, 0.15) is 0 Å². The van der Waals surface area contributed by atoms with Gasteiger partial charge < -0.3 is 10.2 Å². The minimum Gasteiger partial charge on any atom is -0.356 e. The van der Waals surface area contributed by atoms with E-state index in [9.17, 15) is 9.59 Å². The summed E-state index contributed by atoms with van der Waals surface area (Å²) in [5.41, 5.74) is 1.22. The monoisotopic (exact) mass is 334 g/mol. The standard InChI is InChI=1S/C18H26N2O2S/c1-12(2)11-19-17(21)13-5-6-15-14(9-13)10-16(23-15)18(22)20-7-3-4-8-20/h10,12-13H,3-9,11H2,1-2H3,(H,19,21)/t13-/m0/s1. The Morgan fingerprint density at radius 3 is 2.78 bits per heavy atom. The Bertz CT molecular complexity index is 588. The number of nitrogens with zero attached hydrogens (tertiary/aromatic N) is 1. The maximum Gasteiger partial charge on any atom is 0.263 e. The number of carbonyl (C=O) groups is 2. The molecule has 1 atom stereocenters. The van der Waals surface area contributed by atoms with Crippen LogP contribution in [0.15, 0.2) is 6.07 Å². The fraction of sp³-hybridized carbons (Fsp3) is 0.667. The molecule has 0 spiro atoms. The largest absolute Gasteiger partial charge is 0.356 e. The number of hydrogen-bond donors (Lipinski definition) is 1. The van der Waals surface area contributed by atoms with Crippen LogP contribution >= 0.6 is 11.3 Å². The van der Waals surface area contributed by atoms with Crippen molar-refractivity contribution in [2.24, 2.45) is 11.8 Å². The van der Waals surface area contributed by atoms with Crippen molar-refractivity contribution in [1.82, 2.24) is 10.2 Å². The van der Waals surface area contributed by atoms with E-state index in [1.54, 1.807) is 11.3 Å². The van der Waals surface area contributed by atoms with Crippen molar-refractivity contribution in [3.8, 4) is 0 Å². The molecule has 126 valence electrons. The highest BCUT2D eigenvalue weighted by Crippen LogP contribution is 2.33. The van der Waals surface area contributed by atoms with Gasteiger partial charge in [-0.2, -0.15) is 0 Å². The Hall–Kier alpha value is -1.36. The number of hydrogen-bond acceptors (Lipinski definition) is 3. The van der Waals surface area contributed by atoms with Crippen LogP contribution in [0.2, 0.25) is 0 Å². The van der Waals surface area contributed by atoms with Crippen LogP contribution in [-0.4, -0.2) is 36.3 Å². The molecule has 1 fully saturated rings. The molecule has 1 saturated heterocycles. The Labute approximate surface area is 142 Å². The van der Waals surface area contributed by atoms with Crippen molar-refractivity contribution in [3.05, 3.63) is 21.4 Å². The molecule has 2 aliphatic rings. The summed E-state index contributed by atoms with van der Waals surface area (Å²) < 4.78 is 0. The van der Waals surface area contributed by atoms with Crippen molar-refractivity contribution in [3.63, 3.8) is 0 Å². The molecule has 2 amide bonds. The highest BCUT2D eigenvalue weighted by molar-refractivity contribution is 7.14. The lowest BCUT2D eigenvalue weighted by Crippen LogP contribution is -2.35. The normalized spacial score (nSPS) is 20.7. The number of fused-ring (bicyclic) bond motifs is 1. The van der Waals surface area contributed by atoms with Gasteiger partial charge in [0.2, 0.25) is 5.91 Å². The average molecular weight is 334 g/mol. The first-order valence-electron chi connectivity index (χ1n) is 8.73. The highest BCUT2D eigenvalue weighted by Gasteiger charge is 2.29. The number of likely N-dealkylation sites (tertiary alicyclic amines) is 1. The molecule has 1 aromatic rings. The van der Waals surface area contributed by atoms with Gasteiger partial charge in [-0.1, -0.05) is 13.8 Å². The third-order valence-electron chi connectivity index (χ3n) is 4.74. The first-order valence-corrected chi connectivity index (χ1v) is 9.55. The molecular formula is C18H26N2O2S. The molecule has 1 N–H and O–H groups in total. The SMILES string of the molecule is CC(C)CNC(=O)[C@H]1CCc2sc(C(=O)N3CCCC3)cc2C1. The lowest BCUT2D eigenvalue weighted by atomic mass is 9.87. The van der Waals surface area contributed by atoms with Crippen molar-refractivity contribution >= 4 is 23.2 Å². The summed E-state index contributed by atoms with van der Waals surface area (Å²) >= 11 is 1.64. The van der Waals surface area contributed by atoms with Gasteiger partial charge in [-0.05, 0) is 49.7 Å². The molecular weight excluding hydrogens is 308 g/mol. The number of amides is 2. The summed E-state index contributed by atoms with van der Waals surface area (Å²) in [7, 11) is 0. The lowest BCUT2D eigenvalue weighted by molar-refractivity contribution is -0.125. The van der Waals surface area contributed by atoms with Crippen LogP contribution in [0.1, 0.15) is 53.2 Å². The number of aryl methyl sites for hydroxylation is 1. The molecule has 4 nitrogen and oxygen atoms in total. The van der Waals surface area contributed by atoms with Crippen molar-refractivity contribution in [1.29, 1.82) is 0 Å². The molecule has 2 heterocycles. The van der Waals surface area contributed by atoms with Gasteiger partial charge in [0, 0.05) is 30.4 Å². The Morgan fingerprint density at radius 2 is 2.09 bits per heavy atom. The highest BCUT2D eigenvalue weighted by atomic mass is 32.1. The second-order valence-electron chi connectivity index (χ2n) is 7.14. The zero-order valence-electron chi connectivity index (χ0n) is 14.1. The number of nitrogens with one attached hydrogen (secondary N) is 1. The average Bonchev–Trinajstić information content (AvgIpc) is 3.20. The molecule has 3 rings (SSSR count). The Morgan fingerprint density at radius 1 is 1.35 bits per heavy atom. The minimum atomic E-state index is 0.0607. The zero-order valence-corrected chi connectivity index (χ0v) is 14.9. The van der Waals surface area contributed by atoms with E-state index in [1.807, 2.05) is 11.0 Å². The lowest BCUT2D eigenvalue weighted by Gasteiger charge is -2.21. The minimum absolute atomic E-state index is 0.0607. The van der Waals surface area contributed by atoms with Crippen LogP contribution in [0.5, 0.6) is 0 Å². The molecule has 0 unspecified atom stereocenters. The van der Waals surface area contributed by atoms with Crippen molar-refractivity contribution in [2.75, 3.05) is 19.6 Å². The predicted molar refractivity (Wildman–Crippen MR) is 92.8 cm³/mol. The van der Waals surface area contributed by atoms with Gasteiger partial charge in [-0.3, -0.25) is 9.59 Å². The van der Waals surface area contributed by atoms with E-state index in [4.69, 9.17) is 0 Å². The van der Waals surface area contributed by atoms with E-state index in [1.165, 1.54) is 10.4 Å². The maximum absolute atomic E-state index is 12.5. The van der Waals surface area contributed by atoms with E-state index in [2.05, 4.69) is 19.2 Å². The summed E-state index contributed by atoms with van der Waals surface area (Å²) in [6.45, 7) is 6.73. The van der Waals surface area contributed by atoms with Crippen molar-refractivity contribution < 1.29 is 9.59 Å². The second-order valence-corrected chi connectivity index (χ2v) is 8.27. The smallest absolute Gasteiger partial charge is 0.263 e. The van der Waals surface area contributed by atoms with Crippen LogP contribution in [0.4, 0.5) is 0 Å². The van der Waals surface area contributed by atoms with Crippen LogP contribution in [0.25, 0.3) is 0 Å². The van der Waals surface area contributed by atoms with E-state index in [0.717, 1.165) is 56.6 Å². The summed E-state index contributed by atoms with van der Waals surface area (Å²) in [5, 5.41) is 3.05. The molecule has 0 saturated carbocycles. The van der Waals surface area contributed by atoms with Gasteiger partial charge in [-0.15, -0.1) is 11.3 Å². The van der Waals surface area contributed by atoms with Crippen LogP contribution in [0.3, 0.4) is 0 Å². The quantitative estimate of drug-likeness (QED) is 0.920. The second kappa shape index (κ2) is 7.04. The number of rotatable bonds is 4. The topological polar surface area (TPSA) is 49.4 Å². The molecule has 0 radical (unpaired) electrons. The van der Waals surface area contributed by atoms with E-state index < -0.39 is 0 Å². The molecule has 0 aromatic carbocycles. The molecule has 1 aromatic heterocycles. The number of carbonyl (C=O) groups excluding carboxylic acids is 2. The molecule has 0 bridgehead atoms. The number of thiophene rings is 1. The Kier molecular flexibility index (Phi) is 5.05. The fourth-order valence-electron chi connectivity index (χ4n) is 3.38. The molecule has 5 heteroatoms. The first kappa shape index (κ1) is 16.5. The summed E-state index contributed by atoms with van der Waals surface area (Å²) in [5.74, 6) is 0.889. The first-order chi connectivity index (χ1) is 11.0. The Balaban J connectivity index is 1.64.